The predicted molar refractivity (Wildman–Crippen MR) is 134 cm³/mol. The van der Waals surface area contributed by atoms with Crippen LogP contribution >= 0.6 is 11.6 Å². The quantitative estimate of drug-likeness (QED) is 0.257. The SMILES string of the molecule is CCOC(=O)c1ccc(NC(=O)C(=CC=Cc2ccccc2)NC(=O)c2ccccc2Cl)cc1. The first-order valence-corrected chi connectivity index (χ1v) is 10.9. The number of hydrogen-bond donors (Lipinski definition) is 2. The number of esters is 1. The highest BCUT2D eigenvalue weighted by atomic mass is 35.5. The van der Waals surface area contributed by atoms with Gasteiger partial charge in [0.15, 0.2) is 0 Å². The van der Waals surface area contributed by atoms with Gasteiger partial charge < -0.3 is 15.4 Å². The average molecular weight is 475 g/mol. The van der Waals surface area contributed by atoms with Crippen LogP contribution < -0.4 is 10.6 Å². The molecule has 3 aromatic carbocycles. The number of benzene rings is 3. The van der Waals surface area contributed by atoms with Crippen molar-refractivity contribution in [3.8, 4) is 0 Å². The smallest absolute Gasteiger partial charge is 0.338 e. The van der Waals surface area contributed by atoms with Crippen LogP contribution in [0.4, 0.5) is 5.69 Å². The van der Waals surface area contributed by atoms with Crippen molar-refractivity contribution in [1.29, 1.82) is 0 Å². The first-order valence-electron chi connectivity index (χ1n) is 10.6. The number of halogens is 1. The zero-order valence-electron chi connectivity index (χ0n) is 18.5. The summed E-state index contributed by atoms with van der Waals surface area (Å²) < 4.78 is 4.96. The van der Waals surface area contributed by atoms with Crippen LogP contribution in [0.15, 0.2) is 96.7 Å². The van der Waals surface area contributed by atoms with Crippen LogP contribution in [0.2, 0.25) is 5.02 Å². The minimum absolute atomic E-state index is 0.0200. The predicted octanol–water partition coefficient (Wildman–Crippen LogP) is 5.48. The molecule has 0 aromatic heterocycles. The van der Waals surface area contributed by atoms with Gasteiger partial charge in [-0.05, 0) is 55.0 Å². The van der Waals surface area contributed by atoms with Crippen molar-refractivity contribution in [3.63, 3.8) is 0 Å². The standard InChI is InChI=1S/C27H23ClN2O4/c1-2-34-27(33)20-15-17-21(18-16-20)29-26(32)24(14-8-11-19-9-4-3-5-10-19)30-25(31)22-12-6-7-13-23(22)28/h3-18H,2H2,1H3,(H,29,32)(H,30,31). The molecule has 6 nitrogen and oxygen atoms in total. The van der Waals surface area contributed by atoms with Crippen molar-refractivity contribution < 1.29 is 19.1 Å². The molecule has 0 bridgehead atoms. The molecular formula is C27H23ClN2O4. The second-order valence-electron chi connectivity index (χ2n) is 7.04. The average Bonchev–Trinajstić information content (AvgIpc) is 2.85. The zero-order valence-corrected chi connectivity index (χ0v) is 19.2. The molecular weight excluding hydrogens is 452 g/mol. The summed E-state index contributed by atoms with van der Waals surface area (Å²) in [5, 5.41) is 5.62. The summed E-state index contributed by atoms with van der Waals surface area (Å²) in [6, 6.07) is 22.4. The van der Waals surface area contributed by atoms with Crippen molar-refractivity contribution in [2.24, 2.45) is 0 Å². The monoisotopic (exact) mass is 474 g/mol. The number of amides is 2. The Hall–Kier alpha value is -4.16. The van der Waals surface area contributed by atoms with Crippen LogP contribution in [0.3, 0.4) is 0 Å². The molecule has 2 amide bonds. The van der Waals surface area contributed by atoms with Crippen LogP contribution in [0.1, 0.15) is 33.2 Å². The largest absolute Gasteiger partial charge is 0.462 e. The summed E-state index contributed by atoms with van der Waals surface area (Å²) >= 11 is 6.13. The number of hydrogen-bond acceptors (Lipinski definition) is 4. The summed E-state index contributed by atoms with van der Waals surface area (Å²) in [7, 11) is 0. The summed E-state index contributed by atoms with van der Waals surface area (Å²) in [6.45, 7) is 2.00. The molecule has 7 heteroatoms. The van der Waals surface area contributed by atoms with E-state index in [1.54, 1.807) is 61.5 Å². The van der Waals surface area contributed by atoms with Gasteiger partial charge in [-0.3, -0.25) is 9.59 Å². The molecule has 0 radical (unpaired) electrons. The van der Waals surface area contributed by atoms with Crippen LogP contribution in [0, 0.1) is 0 Å². The Morgan fingerprint density at radius 2 is 1.59 bits per heavy atom. The summed E-state index contributed by atoms with van der Waals surface area (Å²) in [4.78, 5) is 37.6. The van der Waals surface area contributed by atoms with E-state index in [2.05, 4.69) is 10.6 Å². The fraction of sp³-hybridized carbons (Fsp3) is 0.0741. The number of ether oxygens (including phenoxy) is 1. The minimum atomic E-state index is -0.540. The highest BCUT2D eigenvalue weighted by Gasteiger charge is 2.16. The Labute approximate surface area is 202 Å². The third-order valence-corrected chi connectivity index (χ3v) is 4.95. The molecule has 172 valence electrons. The van der Waals surface area contributed by atoms with Crippen LogP contribution in [0.5, 0.6) is 0 Å². The van der Waals surface area contributed by atoms with Gasteiger partial charge in [0.2, 0.25) is 0 Å². The third-order valence-electron chi connectivity index (χ3n) is 4.62. The molecule has 0 heterocycles. The van der Waals surface area contributed by atoms with Crippen molar-refractivity contribution in [3.05, 3.63) is 118 Å². The third kappa shape index (κ3) is 6.92. The lowest BCUT2D eigenvalue weighted by atomic mass is 10.2. The van der Waals surface area contributed by atoms with Gasteiger partial charge in [-0.25, -0.2) is 4.79 Å². The minimum Gasteiger partial charge on any atom is -0.462 e. The molecule has 0 aliphatic carbocycles. The number of anilines is 1. The number of nitrogens with one attached hydrogen (secondary N) is 2. The molecule has 0 aliphatic rings. The zero-order chi connectivity index (χ0) is 24.3. The maximum absolute atomic E-state index is 13.0. The molecule has 0 atom stereocenters. The maximum atomic E-state index is 13.0. The topological polar surface area (TPSA) is 84.5 Å². The molecule has 3 aromatic rings. The van der Waals surface area contributed by atoms with Gasteiger partial charge in [-0.2, -0.15) is 0 Å². The Morgan fingerprint density at radius 1 is 0.912 bits per heavy atom. The summed E-state index contributed by atoms with van der Waals surface area (Å²) in [6.07, 6.45) is 4.98. The fourth-order valence-corrected chi connectivity index (χ4v) is 3.15. The molecule has 34 heavy (non-hydrogen) atoms. The van der Waals surface area contributed by atoms with Gasteiger partial charge in [0.25, 0.3) is 11.8 Å². The Bertz CT molecular complexity index is 1220. The number of allylic oxidation sites excluding steroid dienone is 2. The van der Waals surface area contributed by atoms with E-state index in [0.29, 0.717) is 11.3 Å². The van der Waals surface area contributed by atoms with Crippen molar-refractivity contribution in [2.75, 3.05) is 11.9 Å². The van der Waals surface area contributed by atoms with Crippen molar-refractivity contribution in [2.45, 2.75) is 6.92 Å². The van der Waals surface area contributed by atoms with E-state index in [9.17, 15) is 14.4 Å². The Balaban J connectivity index is 1.80. The van der Waals surface area contributed by atoms with E-state index in [-0.39, 0.29) is 22.9 Å². The van der Waals surface area contributed by atoms with E-state index in [1.807, 2.05) is 36.4 Å². The first-order chi connectivity index (χ1) is 16.5. The van der Waals surface area contributed by atoms with E-state index in [4.69, 9.17) is 16.3 Å². The van der Waals surface area contributed by atoms with Crippen LogP contribution in [-0.2, 0) is 9.53 Å². The van der Waals surface area contributed by atoms with Crippen LogP contribution in [-0.4, -0.2) is 24.4 Å². The second-order valence-corrected chi connectivity index (χ2v) is 7.44. The Kier molecular flexibility index (Phi) is 8.77. The van der Waals surface area contributed by atoms with Gasteiger partial charge in [0.1, 0.15) is 5.70 Å². The number of rotatable bonds is 8. The summed E-state index contributed by atoms with van der Waals surface area (Å²) in [5.74, 6) is -1.50. The molecule has 0 saturated heterocycles. The lowest BCUT2D eigenvalue weighted by Gasteiger charge is -2.11. The lowest BCUT2D eigenvalue weighted by molar-refractivity contribution is -0.113. The number of carbonyl (C=O) groups excluding carboxylic acids is 3. The summed E-state index contributed by atoms with van der Waals surface area (Å²) in [5.41, 5.74) is 2.02. The van der Waals surface area contributed by atoms with Gasteiger partial charge >= 0.3 is 5.97 Å². The molecule has 0 fully saturated rings. The van der Waals surface area contributed by atoms with Crippen molar-refractivity contribution in [1.82, 2.24) is 5.32 Å². The van der Waals surface area contributed by atoms with E-state index in [0.717, 1.165) is 5.56 Å². The molecule has 3 rings (SSSR count). The van der Waals surface area contributed by atoms with Gasteiger partial charge in [-0.15, -0.1) is 0 Å². The fourth-order valence-electron chi connectivity index (χ4n) is 2.93. The molecule has 0 unspecified atom stereocenters. The molecule has 0 saturated carbocycles. The van der Waals surface area contributed by atoms with Gasteiger partial charge in [-0.1, -0.05) is 66.2 Å². The highest BCUT2D eigenvalue weighted by molar-refractivity contribution is 6.34. The highest BCUT2D eigenvalue weighted by Crippen LogP contribution is 2.16. The van der Waals surface area contributed by atoms with E-state index < -0.39 is 17.8 Å². The molecule has 2 N–H and O–H groups in total. The lowest BCUT2D eigenvalue weighted by Crippen LogP contribution is -2.31. The normalized spacial score (nSPS) is 11.2. The van der Waals surface area contributed by atoms with Crippen molar-refractivity contribution >= 4 is 41.1 Å². The van der Waals surface area contributed by atoms with Gasteiger partial charge in [0.05, 0.1) is 22.8 Å². The van der Waals surface area contributed by atoms with E-state index in [1.165, 1.54) is 6.08 Å². The Morgan fingerprint density at radius 3 is 2.26 bits per heavy atom. The van der Waals surface area contributed by atoms with Gasteiger partial charge in [0, 0.05) is 5.69 Å². The van der Waals surface area contributed by atoms with Crippen LogP contribution in [0.25, 0.3) is 6.08 Å². The first kappa shape index (κ1) is 24.5. The van der Waals surface area contributed by atoms with E-state index >= 15 is 0 Å². The molecule has 0 spiro atoms. The molecule has 0 aliphatic heterocycles. The second kappa shape index (κ2) is 12.2. The maximum Gasteiger partial charge on any atom is 0.338 e. The number of carbonyl (C=O) groups is 3.